The molecular formula is C9H22N4S2. The van der Waals surface area contributed by atoms with Crippen molar-refractivity contribution in [3.05, 3.63) is 0 Å². The van der Waals surface area contributed by atoms with Crippen molar-refractivity contribution in [1.82, 2.24) is 20.0 Å². The third-order valence-electron chi connectivity index (χ3n) is 1.39. The number of hydrogen-bond acceptors (Lipinski definition) is 2. The minimum absolute atomic E-state index is 0.764. The average Bonchev–Trinajstić information content (AvgIpc) is 2.15. The molecule has 0 spiro atoms. The van der Waals surface area contributed by atoms with E-state index in [4.69, 9.17) is 24.4 Å². The molecule has 0 fully saturated rings. The SMILES string of the molecule is CN(C)C(=S)N(C)C.CNC(=S)N(C)C. The smallest absolute Gasteiger partial charge is 0.170 e. The largest absolute Gasteiger partial charge is 0.366 e. The Balaban J connectivity index is 0. The monoisotopic (exact) mass is 250 g/mol. The quantitative estimate of drug-likeness (QED) is 0.626. The van der Waals surface area contributed by atoms with Crippen molar-refractivity contribution in [2.24, 2.45) is 0 Å². The molecule has 4 nitrogen and oxygen atoms in total. The van der Waals surface area contributed by atoms with Crippen LogP contribution < -0.4 is 5.32 Å². The van der Waals surface area contributed by atoms with Crippen molar-refractivity contribution >= 4 is 34.7 Å². The van der Waals surface area contributed by atoms with Crippen LogP contribution in [-0.2, 0) is 0 Å². The lowest BCUT2D eigenvalue weighted by atomic mass is 10.8. The Labute approximate surface area is 104 Å². The van der Waals surface area contributed by atoms with Gasteiger partial charge >= 0.3 is 0 Å². The van der Waals surface area contributed by atoms with Gasteiger partial charge in [0.25, 0.3) is 0 Å². The minimum Gasteiger partial charge on any atom is -0.366 e. The van der Waals surface area contributed by atoms with Crippen molar-refractivity contribution in [2.75, 3.05) is 49.3 Å². The Bertz CT molecular complexity index is 192. The summed E-state index contributed by atoms with van der Waals surface area (Å²) in [5.74, 6) is 0. The highest BCUT2D eigenvalue weighted by Gasteiger charge is 1.97. The van der Waals surface area contributed by atoms with Crippen molar-refractivity contribution in [1.29, 1.82) is 0 Å². The number of rotatable bonds is 0. The summed E-state index contributed by atoms with van der Waals surface area (Å²) in [5.41, 5.74) is 0. The summed E-state index contributed by atoms with van der Waals surface area (Å²) >= 11 is 9.75. The Hall–Kier alpha value is -0.620. The van der Waals surface area contributed by atoms with Gasteiger partial charge in [0.05, 0.1) is 0 Å². The number of hydrogen-bond donors (Lipinski definition) is 1. The first kappa shape index (κ1) is 16.8. The number of thiocarbonyl (C=S) groups is 2. The van der Waals surface area contributed by atoms with Crippen LogP contribution in [0.4, 0.5) is 0 Å². The van der Waals surface area contributed by atoms with Gasteiger partial charge in [-0.1, -0.05) is 0 Å². The fourth-order valence-corrected chi connectivity index (χ4v) is 0.624. The van der Waals surface area contributed by atoms with Crippen molar-refractivity contribution in [3.8, 4) is 0 Å². The molecule has 0 heterocycles. The second kappa shape index (κ2) is 8.67. The van der Waals surface area contributed by atoms with Gasteiger partial charge in [-0.25, -0.2) is 0 Å². The molecule has 0 unspecified atom stereocenters. The molecule has 0 aliphatic rings. The molecule has 0 bridgehead atoms. The van der Waals surface area contributed by atoms with Crippen LogP contribution in [0, 0.1) is 0 Å². The van der Waals surface area contributed by atoms with Gasteiger partial charge in [0.15, 0.2) is 10.2 Å². The molecule has 0 rings (SSSR count). The predicted octanol–water partition coefficient (Wildman–Crippen LogP) is 0.447. The molecule has 0 aromatic heterocycles. The molecule has 0 saturated carbocycles. The average molecular weight is 250 g/mol. The molecule has 0 aromatic rings. The maximum Gasteiger partial charge on any atom is 0.170 e. The van der Waals surface area contributed by atoms with Gasteiger partial charge in [-0.15, -0.1) is 0 Å². The van der Waals surface area contributed by atoms with E-state index >= 15 is 0 Å². The summed E-state index contributed by atoms with van der Waals surface area (Å²) in [6.45, 7) is 0. The lowest BCUT2D eigenvalue weighted by Gasteiger charge is -2.20. The van der Waals surface area contributed by atoms with Gasteiger partial charge in [-0.2, -0.15) is 0 Å². The van der Waals surface area contributed by atoms with Gasteiger partial charge < -0.3 is 20.0 Å². The van der Waals surface area contributed by atoms with E-state index in [1.807, 2.05) is 64.0 Å². The zero-order chi connectivity index (χ0) is 12.6. The first-order valence-corrected chi connectivity index (χ1v) is 5.33. The molecule has 15 heavy (non-hydrogen) atoms. The highest BCUT2D eigenvalue weighted by Crippen LogP contribution is 1.84. The van der Waals surface area contributed by atoms with E-state index in [-0.39, 0.29) is 0 Å². The van der Waals surface area contributed by atoms with E-state index < -0.39 is 0 Å². The molecule has 6 heteroatoms. The summed E-state index contributed by atoms with van der Waals surface area (Å²) in [7, 11) is 13.3. The van der Waals surface area contributed by atoms with E-state index in [1.165, 1.54) is 0 Å². The van der Waals surface area contributed by atoms with Gasteiger partial charge in [0.2, 0.25) is 0 Å². The lowest BCUT2D eigenvalue weighted by molar-refractivity contribution is 0.501. The van der Waals surface area contributed by atoms with Crippen LogP contribution in [0.2, 0.25) is 0 Å². The van der Waals surface area contributed by atoms with Crippen LogP contribution in [0.3, 0.4) is 0 Å². The topological polar surface area (TPSA) is 21.8 Å². The Morgan fingerprint density at radius 3 is 1.13 bits per heavy atom. The molecule has 0 amide bonds. The van der Waals surface area contributed by atoms with Crippen molar-refractivity contribution in [3.63, 3.8) is 0 Å². The van der Waals surface area contributed by atoms with Crippen LogP contribution in [0.5, 0.6) is 0 Å². The summed E-state index contributed by atoms with van der Waals surface area (Å²) < 4.78 is 0. The maximum atomic E-state index is 4.95. The van der Waals surface area contributed by atoms with Gasteiger partial charge in [-0.05, 0) is 24.4 Å². The summed E-state index contributed by atoms with van der Waals surface area (Å²) in [6.07, 6.45) is 0. The molecule has 0 aromatic carbocycles. The zero-order valence-corrected chi connectivity index (χ0v) is 12.3. The molecule has 0 aliphatic heterocycles. The molecule has 0 radical (unpaired) electrons. The maximum absolute atomic E-state index is 4.95. The Kier molecular flexibility index (Phi) is 9.71. The molecular weight excluding hydrogens is 228 g/mol. The number of nitrogens with zero attached hydrogens (tertiary/aromatic N) is 3. The third kappa shape index (κ3) is 9.68. The van der Waals surface area contributed by atoms with Gasteiger partial charge in [-0.3, -0.25) is 0 Å². The van der Waals surface area contributed by atoms with Crippen molar-refractivity contribution < 1.29 is 0 Å². The zero-order valence-electron chi connectivity index (χ0n) is 10.7. The highest BCUT2D eigenvalue weighted by molar-refractivity contribution is 7.80. The Morgan fingerprint density at radius 2 is 1.13 bits per heavy atom. The summed E-state index contributed by atoms with van der Waals surface area (Å²) in [6, 6.07) is 0. The van der Waals surface area contributed by atoms with Crippen LogP contribution in [0.25, 0.3) is 0 Å². The van der Waals surface area contributed by atoms with Crippen molar-refractivity contribution in [2.45, 2.75) is 0 Å². The van der Waals surface area contributed by atoms with Crippen LogP contribution >= 0.6 is 24.4 Å². The first-order valence-electron chi connectivity index (χ1n) is 4.51. The first-order chi connectivity index (χ1) is 6.73. The fraction of sp³-hybridized carbons (Fsp3) is 0.778. The molecule has 1 N–H and O–H groups in total. The van der Waals surface area contributed by atoms with Gasteiger partial charge in [0, 0.05) is 49.3 Å². The molecule has 90 valence electrons. The summed E-state index contributed by atoms with van der Waals surface area (Å²) in [4.78, 5) is 5.64. The lowest BCUT2D eigenvalue weighted by Crippen LogP contribution is -2.32. The third-order valence-corrected chi connectivity index (χ3v) is 2.68. The standard InChI is InChI=1S/C5H12N2S.C4H10N2S/c1-6(2)5(8)7(3)4;1-5-4(7)6(2)3/h1-4H3;1-3H3,(H,5,7). The number of nitrogens with one attached hydrogen (secondary N) is 1. The van der Waals surface area contributed by atoms with Gasteiger partial charge in [0.1, 0.15) is 0 Å². The van der Waals surface area contributed by atoms with Crippen LogP contribution in [0.15, 0.2) is 0 Å². The highest BCUT2D eigenvalue weighted by atomic mass is 32.1. The summed E-state index contributed by atoms with van der Waals surface area (Å²) in [5, 5.41) is 4.44. The van der Waals surface area contributed by atoms with E-state index in [9.17, 15) is 0 Å². The second-order valence-corrected chi connectivity index (χ2v) is 4.27. The van der Waals surface area contributed by atoms with E-state index in [0.717, 1.165) is 10.2 Å². The van der Waals surface area contributed by atoms with E-state index in [2.05, 4.69) is 5.32 Å². The molecule has 0 saturated heterocycles. The second-order valence-electron chi connectivity index (χ2n) is 3.52. The minimum atomic E-state index is 0.764. The van der Waals surface area contributed by atoms with E-state index in [1.54, 1.807) is 0 Å². The molecule has 0 aliphatic carbocycles. The Morgan fingerprint density at radius 1 is 0.800 bits per heavy atom. The predicted molar refractivity (Wildman–Crippen MR) is 75.3 cm³/mol. The van der Waals surface area contributed by atoms with Crippen LogP contribution in [-0.4, -0.2) is 74.3 Å². The normalized spacial score (nSPS) is 8.20. The molecule has 0 atom stereocenters. The van der Waals surface area contributed by atoms with Crippen LogP contribution in [0.1, 0.15) is 0 Å². The van der Waals surface area contributed by atoms with E-state index in [0.29, 0.717) is 0 Å². The fourth-order valence-electron chi connectivity index (χ4n) is 0.624.